The number of aromatic nitrogens is 2. The highest BCUT2D eigenvalue weighted by atomic mass is 127. The molecule has 1 aromatic carbocycles. The van der Waals surface area contributed by atoms with Gasteiger partial charge in [0.25, 0.3) is 0 Å². The van der Waals surface area contributed by atoms with E-state index >= 15 is 0 Å². The van der Waals surface area contributed by atoms with Gasteiger partial charge in [-0.1, -0.05) is 19.1 Å². The third kappa shape index (κ3) is 8.42. The van der Waals surface area contributed by atoms with Gasteiger partial charge in [0.1, 0.15) is 0 Å². The van der Waals surface area contributed by atoms with Gasteiger partial charge in [0.2, 0.25) is 5.91 Å². The molecule has 3 N–H and O–H groups in total. The maximum atomic E-state index is 11.6. The molecule has 27 heavy (non-hydrogen) atoms. The van der Waals surface area contributed by atoms with Gasteiger partial charge >= 0.3 is 0 Å². The number of guanidine groups is 1. The molecule has 0 aliphatic heterocycles. The van der Waals surface area contributed by atoms with Crippen LogP contribution < -0.4 is 16.0 Å². The summed E-state index contributed by atoms with van der Waals surface area (Å²) in [6, 6.07) is 10.2. The molecule has 0 bridgehead atoms. The first-order valence-corrected chi connectivity index (χ1v) is 9.03. The summed E-state index contributed by atoms with van der Waals surface area (Å²) in [5.74, 6) is 0.772. The van der Waals surface area contributed by atoms with Crippen molar-refractivity contribution >= 4 is 35.8 Å². The molecule has 0 aliphatic carbocycles. The molecule has 7 nitrogen and oxygen atoms in total. The molecule has 1 aromatic heterocycles. The second kappa shape index (κ2) is 13.1. The molecule has 148 valence electrons. The summed E-state index contributed by atoms with van der Waals surface area (Å²) in [4.78, 5) is 15.7. The first kappa shape index (κ1) is 22.9. The number of carbonyl (C=O) groups is 1. The van der Waals surface area contributed by atoms with E-state index in [1.54, 1.807) is 13.2 Å². The Morgan fingerprint density at radius 2 is 1.85 bits per heavy atom. The molecule has 0 radical (unpaired) electrons. The van der Waals surface area contributed by atoms with E-state index < -0.39 is 0 Å². The number of aliphatic imine (C=N–C) groups is 1. The Hall–Kier alpha value is -2.10. The van der Waals surface area contributed by atoms with Crippen LogP contribution in [0.5, 0.6) is 0 Å². The number of hydrogen-bond acceptors (Lipinski definition) is 3. The lowest BCUT2D eigenvalue weighted by Gasteiger charge is -2.12. The van der Waals surface area contributed by atoms with Gasteiger partial charge in [0.05, 0.1) is 5.69 Å². The number of carbonyl (C=O) groups excluding carboxylic acids is 1. The predicted octanol–water partition coefficient (Wildman–Crippen LogP) is 2.11. The normalized spacial score (nSPS) is 10.8. The Labute approximate surface area is 178 Å². The number of benzene rings is 1. The Balaban J connectivity index is 0.00000364. The van der Waals surface area contributed by atoms with Crippen LogP contribution in [0.4, 0.5) is 0 Å². The summed E-state index contributed by atoms with van der Waals surface area (Å²) in [5, 5.41) is 13.5. The van der Waals surface area contributed by atoms with Crippen LogP contribution in [0.25, 0.3) is 5.69 Å². The van der Waals surface area contributed by atoms with E-state index in [4.69, 9.17) is 0 Å². The van der Waals surface area contributed by atoms with Gasteiger partial charge in [-0.15, -0.1) is 24.0 Å². The van der Waals surface area contributed by atoms with E-state index in [9.17, 15) is 4.79 Å². The summed E-state index contributed by atoms with van der Waals surface area (Å²) in [6.07, 6.45) is 5.97. The number of nitrogens with zero attached hydrogens (tertiary/aromatic N) is 3. The predicted molar refractivity (Wildman–Crippen MR) is 120 cm³/mol. The number of nitrogens with one attached hydrogen (secondary N) is 3. The molecule has 0 unspecified atom stereocenters. The highest BCUT2D eigenvalue weighted by Crippen LogP contribution is 2.08. The number of halogens is 1. The third-order valence-electron chi connectivity index (χ3n) is 3.85. The highest BCUT2D eigenvalue weighted by Gasteiger charge is 2.02. The summed E-state index contributed by atoms with van der Waals surface area (Å²) in [5.41, 5.74) is 2.29. The minimum atomic E-state index is 0. The van der Waals surface area contributed by atoms with Crippen molar-refractivity contribution < 1.29 is 4.79 Å². The molecule has 1 amide bonds. The SMILES string of the molecule is CCCNC(=O)CCNC(=NC)NCCc1ccc(-n2cccn2)cc1.I. The van der Waals surface area contributed by atoms with Crippen LogP contribution in [0.1, 0.15) is 25.3 Å². The lowest BCUT2D eigenvalue weighted by molar-refractivity contribution is -0.120. The third-order valence-corrected chi connectivity index (χ3v) is 3.85. The lowest BCUT2D eigenvalue weighted by Crippen LogP contribution is -2.40. The molecule has 0 saturated heterocycles. The summed E-state index contributed by atoms with van der Waals surface area (Å²) >= 11 is 0. The molecule has 0 aliphatic rings. The van der Waals surface area contributed by atoms with E-state index in [1.807, 2.05) is 23.9 Å². The lowest BCUT2D eigenvalue weighted by atomic mass is 10.1. The molecular formula is C19H29IN6O. The maximum Gasteiger partial charge on any atom is 0.221 e. The van der Waals surface area contributed by atoms with Crippen molar-refractivity contribution in [2.24, 2.45) is 4.99 Å². The molecule has 8 heteroatoms. The first-order valence-electron chi connectivity index (χ1n) is 9.03. The molecular weight excluding hydrogens is 455 g/mol. The molecule has 0 atom stereocenters. The van der Waals surface area contributed by atoms with Gasteiger partial charge in [-0.3, -0.25) is 9.79 Å². The average Bonchev–Trinajstić information content (AvgIpc) is 3.20. The topological polar surface area (TPSA) is 83.3 Å². The highest BCUT2D eigenvalue weighted by molar-refractivity contribution is 14.0. The Morgan fingerprint density at radius 3 is 2.48 bits per heavy atom. The van der Waals surface area contributed by atoms with Gasteiger partial charge in [-0.05, 0) is 36.6 Å². The fourth-order valence-electron chi connectivity index (χ4n) is 2.43. The van der Waals surface area contributed by atoms with Crippen molar-refractivity contribution in [1.82, 2.24) is 25.7 Å². The van der Waals surface area contributed by atoms with Gasteiger partial charge < -0.3 is 16.0 Å². The Kier molecular flexibility index (Phi) is 11.2. The zero-order valence-corrected chi connectivity index (χ0v) is 18.3. The van der Waals surface area contributed by atoms with Gasteiger partial charge in [-0.25, -0.2) is 4.68 Å². The van der Waals surface area contributed by atoms with E-state index in [0.29, 0.717) is 18.9 Å². The van der Waals surface area contributed by atoms with Gasteiger partial charge in [-0.2, -0.15) is 5.10 Å². The van der Waals surface area contributed by atoms with E-state index in [-0.39, 0.29) is 29.9 Å². The fourth-order valence-corrected chi connectivity index (χ4v) is 2.43. The number of rotatable bonds is 9. The summed E-state index contributed by atoms with van der Waals surface area (Å²) < 4.78 is 1.84. The van der Waals surface area contributed by atoms with Crippen molar-refractivity contribution in [2.45, 2.75) is 26.2 Å². The van der Waals surface area contributed by atoms with Crippen molar-refractivity contribution in [3.63, 3.8) is 0 Å². The number of hydrogen-bond donors (Lipinski definition) is 3. The van der Waals surface area contributed by atoms with Crippen molar-refractivity contribution in [3.8, 4) is 5.69 Å². The molecule has 2 aromatic rings. The monoisotopic (exact) mass is 484 g/mol. The van der Waals surface area contributed by atoms with Crippen LogP contribution in [0.2, 0.25) is 0 Å². The van der Waals surface area contributed by atoms with E-state index in [2.05, 4.69) is 50.3 Å². The molecule has 0 spiro atoms. The Bertz CT molecular complexity index is 685. The minimum Gasteiger partial charge on any atom is -0.356 e. The maximum absolute atomic E-state index is 11.6. The second-order valence-electron chi connectivity index (χ2n) is 5.89. The zero-order valence-electron chi connectivity index (χ0n) is 15.9. The second-order valence-corrected chi connectivity index (χ2v) is 5.89. The van der Waals surface area contributed by atoms with Crippen molar-refractivity contribution in [1.29, 1.82) is 0 Å². The molecule has 0 fully saturated rings. The van der Waals surface area contributed by atoms with Crippen molar-refractivity contribution in [2.75, 3.05) is 26.7 Å². The summed E-state index contributed by atoms with van der Waals surface area (Å²) in [6.45, 7) is 4.09. The van der Waals surface area contributed by atoms with Crippen LogP contribution in [0.15, 0.2) is 47.7 Å². The number of amides is 1. The Morgan fingerprint density at radius 1 is 1.11 bits per heavy atom. The van der Waals surface area contributed by atoms with Crippen molar-refractivity contribution in [3.05, 3.63) is 48.3 Å². The van der Waals surface area contributed by atoms with Crippen LogP contribution in [0, 0.1) is 0 Å². The standard InChI is InChI=1S/C19H28N6O.HI/c1-3-11-21-18(26)10-14-23-19(20-2)22-13-9-16-5-7-17(8-6-16)25-15-4-12-24-25;/h4-8,12,15H,3,9-11,13-14H2,1-2H3,(H,21,26)(H2,20,22,23);1H. The molecule has 2 rings (SSSR count). The zero-order chi connectivity index (χ0) is 18.6. The molecule has 0 saturated carbocycles. The van der Waals surface area contributed by atoms with Gasteiger partial charge in [0.15, 0.2) is 5.96 Å². The minimum absolute atomic E-state index is 0. The van der Waals surface area contributed by atoms with Crippen LogP contribution in [-0.2, 0) is 11.2 Å². The van der Waals surface area contributed by atoms with Gasteiger partial charge in [0, 0.05) is 45.5 Å². The van der Waals surface area contributed by atoms with E-state index in [1.165, 1.54) is 5.56 Å². The van der Waals surface area contributed by atoms with Crippen LogP contribution >= 0.6 is 24.0 Å². The van der Waals surface area contributed by atoms with E-state index in [0.717, 1.165) is 31.6 Å². The van der Waals surface area contributed by atoms with Crippen LogP contribution in [-0.4, -0.2) is 48.3 Å². The largest absolute Gasteiger partial charge is 0.356 e. The van der Waals surface area contributed by atoms with Crippen LogP contribution in [0.3, 0.4) is 0 Å². The smallest absolute Gasteiger partial charge is 0.221 e. The summed E-state index contributed by atoms with van der Waals surface area (Å²) in [7, 11) is 1.73. The molecule has 1 heterocycles. The quantitative estimate of drug-likeness (QED) is 0.289. The fraction of sp³-hybridized carbons (Fsp3) is 0.421. The average molecular weight is 484 g/mol. The first-order chi connectivity index (χ1) is 12.7.